The van der Waals surface area contributed by atoms with Gasteiger partial charge in [0.15, 0.2) is 0 Å². The Kier molecular flexibility index (Phi) is 4.41. The minimum absolute atomic E-state index is 0.0237. The number of nitrogen functional groups attached to an aromatic ring is 1. The van der Waals surface area contributed by atoms with Crippen LogP contribution < -0.4 is 10.6 Å². The number of hydrogen-bond donors (Lipinski definition) is 1. The van der Waals surface area contributed by atoms with Crippen molar-refractivity contribution in [1.29, 1.82) is 0 Å². The molecule has 0 aliphatic carbocycles. The van der Waals surface area contributed by atoms with Crippen LogP contribution in [-0.4, -0.2) is 12.5 Å². The second kappa shape index (κ2) is 6.24. The molecular formula is C17H20N2O. The number of nitrogens with two attached hydrogens (primary N) is 1. The summed E-state index contributed by atoms with van der Waals surface area (Å²) in [5, 5.41) is 0. The maximum absolute atomic E-state index is 12.8. The Hall–Kier alpha value is -2.29. The van der Waals surface area contributed by atoms with Gasteiger partial charge in [-0.3, -0.25) is 4.79 Å². The fourth-order valence-electron chi connectivity index (χ4n) is 2.32. The summed E-state index contributed by atoms with van der Waals surface area (Å²) in [7, 11) is 0. The average Bonchev–Trinajstić information content (AvgIpc) is 2.48. The van der Waals surface area contributed by atoms with Crippen LogP contribution in [0, 0.1) is 0 Å². The number of hydrogen-bond acceptors (Lipinski definition) is 2. The molecule has 3 nitrogen and oxygen atoms in total. The van der Waals surface area contributed by atoms with Crippen molar-refractivity contribution in [1.82, 2.24) is 0 Å². The Morgan fingerprint density at radius 2 is 1.85 bits per heavy atom. The first-order valence-electron chi connectivity index (χ1n) is 6.92. The van der Waals surface area contributed by atoms with Gasteiger partial charge in [0.1, 0.15) is 0 Å². The Morgan fingerprint density at radius 1 is 1.10 bits per heavy atom. The van der Waals surface area contributed by atoms with Crippen molar-refractivity contribution < 1.29 is 4.79 Å². The van der Waals surface area contributed by atoms with E-state index < -0.39 is 0 Å². The van der Waals surface area contributed by atoms with Gasteiger partial charge in [0.05, 0.1) is 0 Å². The Morgan fingerprint density at radius 3 is 2.50 bits per heavy atom. The molecule has 104 valence electrons. The van der Waals surface area contributed by atoms with Crippen molar-refractivity contribution in [2.75, 3.05) is 17.2 Å². The van der Waals surface area contributed by atoms with E-state index in [9.17, 15) is 4.79 Å². The third kappa shape index (κ3) is 2.82. The van der Waals surface area contributed by atoms with Gasteiger partial charge < -0.3 is 10.6 Å². The molecule has 0 saturated carbocycles. The van der Waals surface area contributed by atoms with Gasteiger partial charge in [0, 0.05) is 23.5 Å². The van der Waals surface area contributed by atoms with Crippen LogP contribution in [0.5, 0.6) is 0 Å². The van der Waals surface area contributed by atoms with Crippen LogP contribution >= 0.6 is 0 Å². The van der Waals surface area contributed by atoms with Gasteiger partial charge in [-0.05, 0) is 43.2 Å². The fourth-order valence-corrected chi connectivity index (χ4v) is 2.32. The predicted octanol–water partition coefficient (Wildman–Crippen LogP) is 3.50. The van der Waals surface area contributed by atoms with E-state index in [4.69, 9.17) is 5.73 Å². The van der Waals surface area contributed by atoms with E-state index in [-0.39, 0.29) is 5.91 Å². The number of benzene rings is 2. The summed E-state index contributed by atoms with van der Waals surface area (Å²) in [5.41, 5.74) is 9.14. The molecule has 2 rings (SSSR count). The average molecular weight is 268 g/mol. The van der Waals surface area contributed by atoms with Crippen LogP contribution in [0.25, 0.3) is 0 Å². The lowest BCUT2D eigenvalue weighted by Gasteiger charge is -2.22. The Labute approximate surface area is 120 Å². The molecule has 0 aliphatic rings. The van der Waals surface area contributed by atoms with E-state index in [0.717, 1.165) is 23.2 Å². The van der Waals surface area contributed by atoms with Crippen molar-refractivity contribution in [2.45, 2.75) is 20.3 Å². The summed E-state index contributed by atoms with van der Waals surface area (Å²) in [6.45, 7) is 4.64. The quantitative estimate of drug-likeness (QED) is 0.863. The Bertz CT molecular complexity index is 607. The van der Waals surface area contributed by atoms with Gasteiger partial charge in [-0.2, -0.15) is 0 Å². The van der Waals surface area contributed by atoms with Crippen LogP contribution in [0.4, 0.5) is 11.4 Å². The molecule has 2 aromatic rings. The van der Waals surface area contributed by atoms with Crippen molar-refractivity contribution in [2.24, 2.45) is 0 Å². The second-order valence-electron chi connectivity index (χ2n) is 4.66. The van der Waals surface area contributed by atoms with Gasteiger partial charge in [0.2, 0.25) is 0 Å². The molecule has 0 aliphatic heterocycles. The number of carbonyl (C=O) groups excluding carboxylic acids is 1. The fraction of sp³-hybridized carbons (Fsp3) is 0.235. The summed E-state index contributed by atoms with van der Waals surface area (Å²) >= 11 is 0. The zero-order valence-electron chi connectivity index (χ0n) is 12.0. The highest BCUT2D eigenvalue weighted by molar-refractivity contribution is 6.07. The van der Waals surface area contributed by atoms with Crippen LogP contribution in [0.15, 0.2) is 48.5 Å². The molecule has 0 atom stereocenters. The number of amides is 1. The van der Waals surface area contributed by atoms with E-state index in [0.29, 0.717) is 12.2 Å². The molecule has 0 heterocycles. The highest BCUT2D eigenvalue weighted by atomic mass is 16.2. The summed E-state index contributed by atoms with van der Waals surface area (Å²) in [5.74, 6) is 0.0237. The number of rotatable bonds is 4. The summed E-state index contributed by atoms with van der Waals surface area (Å²) < 4.78 is 0. The molecule has 0 aromatic heterocycles. The highest BCUT2D eigenvalue weighted by Crippen LogP contribution is 2.21. The van der Waals surface area contributed by atoms with E-state index in [1.807, 2.05) is 55.5 Å². The molecule has 1 amide bonds. The van der Waals surface area contributed by atoms with Crippen molar-refractivity contribution in [3.05, 3.63) is 59.7 Å². The lowest BCUT2D eigenvalue weighted by atomic mass is 10.0. The minimum Gasteiger partial charge on any atom is -0.399 e. The maximum atomic E-state index is 12.8. The SMILES string of the molecule is CCc1ccccc1C(=O)N(CC)c1cccc(N)c1. The number of nitrogens with zero attached hydrogens (tertiary/aromatic N) is 1. The molecule has 3 heteroatoms. The molecule has 2 aromatic carbocycles. The normalized spacial score (nSPS) is 10.3. The summed E-state index contributed by atoms with van der Waals surface area (Å²) in [6.07, 6.45) is 0.844. The van der Waals surface area contributed by atoms with Crippen LogP contribution in [0.2, 0.25) is 0 Å². The lowest BCUT2D eigenvalue weighted by Crippen LogP contribution is -2.31. The van der Waals surface area contributed by atoms with E-state index >= 15 is 0 Å². The standard InChI is InChI=1S/C17H20N2O/c1-3-13-8-5-6-11-16(13)17(20)19(4-2)15-10-7-9-14(18)12-15/h5-12H,3-4,18H2,1-2H3. The van der Waals surface area contributed by atoms with Gasteiger partial charge in [0.25, 0.3) is 5.91 Å². The molecule has 0 saturated heterocycles. The smallest absolute Gasteiger partial charge is 0.258 e. The molecule has 20 heavy (non-hydrogen) atoms. The Balaban J connectivity index is 2.39. The predicted molar refractivity (Wildman–Crippen MR) is 84.0 cm³/mol. The van der Waals surface area contributed by atoms with Crippen molar-refractivity contribution >= 4 is 17.3 Å². The zero-order valence-corrected chi connectivity index (χ0v) is 12.0. The molecule has 0 radical (unpaired) electrons. The van der Waals surface area contributed by atoms with Crippen molar-refractivity contribution in [3.63, 3.8) is 0 Å². The third-order valence-corrected chi connectivity index (χ3v) is 3.37. The third-order valence-electron chi connectivity index (χ3n) is 3.37. The molecule has 0 unspecified atom stereocenters. The van der Waals surface area contributed by atoms with Crippen LogP contribution in [0.1, 0.15) is 29.8 Å². The summed E-state index contributed by atoms with van der Waals surface area (Å²) in [4.78, 5) is 14.5. The zero-order chi connectivity index (χ0) is 14.5. The molecule has 0 fully saturated rings. The highest BCUT2D eigenvalue weighted by Gasteiger charge is 2.18. The first kappa shape index (κ1) is 14.1. The molecule has 2 N–H and O–H groups in total. The van der Waals surface area contributed by atoms with Crippen LogP contribution in [0.3, 0.4) is 0 Å². The van der Waals surface area contributed by atoms with E-state index in [1.54, 1.807) is 4.90 Å². The van der Waals surface area contributed by atoms with Gasteiger partial charge in [-0.15, -0.1) is 0 Å². The van der Waals surface area contributed by atoms with Crippen LogP contribution in [-0.2, 0) is 6.42 Å². The second-order valence-corrected chi connectivity index (χ2v) is 4.66. The van der Waals surface area contributed by atoms with E-state index in [1.165, 1.54) is 0 Å². The largest absolute Gasteiger partial charge is 0.399 e. The van der Waals surface area contributed by atoms with Gasteiger partial charge >= 0.3 is 0 Å². The topological polar surface area (TPSA) is 46.3 Å². The number of carbonyl (C=O) groups is 1. The number of aryl methyl sites for hydroxylation is 1. The molecular weight excluding hydrogens is 248 g/mol. The first-order chi connectivity index (χ1) is 9.67. The monoisotopic (exact) mass is 268 g/mol. The molecule has 0 bridgehead atoms. The summed E-state index contributed by atoms with van der Waals surface area (Å²) in [6, 6.07) is 15.2. The first-order valence-corrected chi connectivity index (χ1v) is 6.92. The van der Waals surface area contributed by atoms with E-state index in [2.05, 4.69) is 6.92 Å². The maximum Gasteiger partial charge on any atom is 0.258 e. The van der Waals surface area contributed by atoms with Gasteiger partial charge in [-0.25, -0.2) is 0 Å². The minimum atomic E-state index is 0.0237. The molecule has 0 spiro atoms. The van der Waals surface area contributed by atoms with Gasteiger partial charge in [-0.1, -0.05) is 31.2 Å². The van der Waals surface area contributed by atoms with Crippen molar-refractivity contribution in [3.8, 4) is 0 Å². The number of anilines is 2. The lowest BCUT2D eigenvalue weighted by molar-refractivity contribution is 0.0987.